The number of hydrogen-bond acceptors (Lipinski definition) is 6. The molecular weight excluding hydrogens is 492 g/mol. The number of carbonyl (C=O) groups is 3. The number of imide groups is 1. The van der Waals surface area contributed by atoms with Crippen LogP contribution in [-0.2, 0) is 27.9 Å². The Labute approximate surface area is 221 Å². The van der Waals surface area contributed by atoms with Crippen LogP contribution in [-0.4, -0.2) is 50.2 Å². The number of halogens is 1. The third-order valence-electron chi connectivity index (χ3n) is 7.04. The van der Waals surface area contributed by atoms with Gasteiger partial charge in [0.15, 0.2) is 0 Å². The Morgan fingerprint density at radius 1 is 1.19 bits per heavy atom. The minimum atomic E-state index is -0.949. The van der Waals surface area contributed by atoms with Crippen molar-refractivity contribution >= 4 is 41.1 Å². The van der Waals surface area contributed by atoms with Gasteiger partial charge in [0.1, 0.15) is 11.9 Å². The van der Waals surface area contributed by atoms with Gasteiger partial charge >= 0.3 is 0 Å². The zero-order chi connectivity index (χ0) is 26.9. The van der Waals surface area contributed by atoms with Crippen molar-refractivity contribution in [3.63, 3.8) is 0 Å². The number of nitrogens with two attached hydrogens (primary N) is 1. The van der Waals surface area contributed by atoms with Crippen molar-refractivity contribution in [1.29, 1.82) is 0 Å². The van der Waals surface area contributed by atoms with Crippen LogP contribution in [0.15, 0.2) is 48.9 Å². The van der Waals surface area contributed by atoms with Gasteiger partial charge in [0.25, 0.3) is 5.91 Å². The fourth-order valence-corrected chi connectivity index (χ4v) is 5.02. The third-order valence-corrected chi connectivity index (χ3v) is 7.45. The van der Waals surface area contributed by atoms with Crippen molar-refractivity contribution in [1.82, 2.24) is 19.4 Å². The number of anilines is 2. The first-order valence-electron chi connectivity index (χ1n) is 12.2. The van der Waals surface area contributed by atoms with Gasteiger partial charge in [-0.25, -0.2) is 9.97 Å². The molecule has 1 aromatic carbocycles. The maximum Gasteiger partial charge on any atom is 0.253 e. The third kappa shape index (κ3) is 5.22. The Hall–Kier alpha value is -3.72. The number of aryl methyl sites for hydroxylation is 2. The van der Waals surface area contributed by atoms with Gasteiger partial charge < -0.3 is 10.3 Å². The molecule has 2 N–H and O–H groups in total. The number of benzene rings is 1. The lowest BCUT2D eigenvalue weighted by Gasteiger charge is -2.46. The summed E-state index contributed by atoms with van der Waals surface area (Å²) < 4.78 is 1.71. The van der Waals surface area contributed by atoms with Crippen LogP contribution in [0.5, 0.6) is 0 Å². The highest BCUT2D eigenvalue weighted by atomic mass is 35.5. The standard InChI is InChI=1S/C27H31ClN6O3/c1-5-18(19-7-6-16(2)21(28)14-19)15-23(35)34-24(26(37)33(4)27-31-10-11-32(27)3)20(25(34)36)12-17-8-9-30-22(29)13-17/h6-11,13-14,18,20,24H,5,12,15H2,1-4H3,(H2,29,30)/t18-,20+,24-/m0/s1. The lowest BCUT2D eigenvalue weighted by atomic mass is 9.80. The van der Waals surface area contributed by atoms with Crippen LogP contribution in [0.25, 0.3) is 0 Å². The summed E-state index contributed by atoms with van der Waals surface area (Å²) in [7, 11) is 3.37. The maximum atomic E-state index is 13.7. The van der Waals surface area contributed by atoms with E-state index in [4.69, 9.17) is 17.3 Å². The van der Waals surface area contributed by atoms with Crippen LogP contribution in [0.2, 0.25) is 5.02 Å². The molecular formula is C27H31ClN6O3. The molecule has 2 aromatic heterocycles. The Balaban J connectivity index is 1.61. The molecule has 3 heterocycles. The molecule has 194 valence electrons. The molecule has 0 unspecified atom stereocenters. The Morgan fingerprint density at radius 3 is 2.57 bits per heavy atom. The van der Waals surface area contributed by atoms with Crippen LogP contribution >= 0.6 is 11.6 Å². The summed E-state index contributed by atoms with van der Waals surface area (Å²) in [5.41, 5.74) is 8.47. The van der Waals surface area contributed by atoms with Crippen molar-refractivity contribution < 1.29 is 14.4 Å². The number of likely N-dealkylation sites (tertiary alicyclic amines) is 1. The molecule has 0 saturated carbocycles. The molecule has 1 aliphatic heterocycles. The Kier molecular flexibility index (Phi) is 7.63. The van der Waals surface area contributed by atoms with Crippen LogP contribution < -0.4 is 10.6 Å². The predicted molar refractivity (Wildman–Crippen MR) is 142 cm³/mol. The maximum absolute atomic E-state index is 13.7. The van der Waals surface area contributed by atoms with E-state index in [-0.39, 0.29) is 36.5 Å². The van der Waals surface area contributed by atoms with Gasteiger partial charge in [0, 0.05) is 44.1 Å². The van der Waals surface area contributed by atoms with Gasteiger partial charge in [-0.1, -0.05) is 30.7 Å². The second-order valence-electron chi connectivity index (χ2n) is 9.50. The lowest BCUT2D eigenvalue weighted by Crippen LogP contribution is -2.69. The van der Waals surface area contributed by atoms with Crippen molar-refractivity contribution in [3.8, 4) is 0 Å². The van der Waals surface area contributed by atoms with Crippen molar-refractivity contribution in [2.45, 2.75) is 45.1 Å². The van der Waals surface area contributed by atoms with Gasteiger partial charge in [-0.05, 0) is 60.6 Å². The van der Waals surface area contributed by atoms with Crippen LogP contribution in [0.1, 0.15) is 42.4 Å². The topological polar surface area (TPSA) is 114 Å². The Bertz CT molecular complexity index is 1340. The molecule has 3 atom stereocenters. The molecule has 1 saturated heterocycles. The number of hydrogen-bond donors (Lipinski definition) is 1. The van der Waals surface area contributed by atoms with Gasteiger partial charge in [-0.2, -0.15) is 0 Å². The van der Waals surface area contributed by atoms with E-state index >= 15 is 0 Å². The molecule has 1 aliphatic rings. The highest BCUT2D eigenvalue weighted by Gasteiger charge is 2.55. The highest BCUT2D eigenvalue weighted by Crippen LogP contribution is 2.35. The number of likely N-dealkylation sites (N-methyl/N-ethyl adjacent to an activating group) is 1. The van der Waals surface area contributed by atoms with Crippen molar-refractivity contribution in [2.75, 3.05) is 17.7 Å². The fourth-order valence-electron chi connectivity index (χ4n) is 4.83. The number of β-lactam (4-membered cyclic amide) rings is 1. The number of carbonyl (C=O) groups excluding carboxylic acids is 3. The van der Waals surface area contributed by atoms with Crippen molar-refractivity contribution in [2.24, 2.45) is 13.0 Å². The summed E-state index contributed by atoms with van der Waals surface area (Å²) in [5, 5.41) is 0.630. The number of pyridine rings is 1. The van der Waals surface area contributed by atoms with Crippen molar-refractivity contribution in [3.05, 3.63) is 70.6 Å². The second kappa shape index (κ2) is 10.7. The van der Waals surface area contributed by atoms with E-state index in [1.165, 1.54) is 4.90 Å². The van der Waals surface area contributed by atoms with E-state index in [2.05, 4.69) is 9.97 Å². The molecule has 10 heteroatoms. The summed E-state index contributed by atoms with van der Waals surface area (Å²) in [6.07, 6.45) is 5.91. The van der Waals surface area contributed by atoms with Gasteiger partial charge in [0.05, 0.1) is 5.92 Å². The average Bonchev–Trinajstić information content (AvgIpc) is 3.30. The summed E-state index contributed by atoms with van der Waals surface area (Å²) in [6, 6.07) is 8.22. The van der Waals surface area contributed by atoms with Gasteiger partial charge in [-0.15, -0.1) is 0 Å². The van der Waals surface area contributed by atoms with Gasteiger partial charge in [0.2, 0.25) is 17.8 Å². The van der Waals surface area contributed by atoms with Crippen LogP contribution in [0.3, 0.4) is 0 Å². The van der Waals surface area contributed by atoms with E-state index in [1.807, 2.05) is 32.0 Å². The quantitative estimate of drug-likeness (QED) is 0.453. The first-order chi connectivity index (χ1) is 17.6. The van der Waals surface area contributed by atoms with E-state index in [0.29, 0.717) is 23.2 Å². The smallest absolute Gasteiger partial charge is 0.253 e. The molecule has 3 amide bonds. The minimum Gasteiger partial charge on any atom is -0.384 e. The van der Waals surface area contributed by atoms with Gasteiger partial charge in [-0.3, -0.25) is 24.2 Å². The molecule has 3 aromatic rings. The molecule has 0 radical (unpaired) electrons. The minimum absolute atomic E-state index is 0.0897. The normalized spacial score (nSPS) is 17.9. The number of amides is 3. The summed E-state index contributed by atoms with van der Waals surface area (Å²) in [6.45, 7) is 3.90. The molecule has 9 nitrogen and oxygen atoms in total. The molecule has 0 aliphatic carbocycles. The first-order valence-corrected chi connectivity index (χ1v) is 12.6. The second-order valence-corrected chi connectivity index (χ2v) is 9.91. The molecule has 1 fully saturated rings. The zero-order valence-corrected chi connectivity index (χ0v) is 22.1. The molecule has 37 heavy (non-hydrogen) atoms. The Morgan fingerprint density at radius 2 is 1.95 bits per heavy atom. The summed E-state index contributed by atoms with van der Waals surface area (Å²) in [4.78, 5) is 51.3. The number of aromatic nitrogens is 3. The average molecular weight is 523 g/mol. The predicted octanol–water partition coefficient (Wildman–Crippen LogP) is 3.50. The van der Waals surface area contributed by atoms with E-state index in [0.717, 1.165) is 21.6 Å². The largest absolute Gasteiger partial charge is 0.384 e. The molecule has 0 bridgehead atoms. The number of nitrogen functional groups attached to an aromatic ring is 1. The zero-order valence-electron chi connectivity index (χ0n) is 21.4. The molecule has 0 spiro atoms. The number of nitrogens with zero attached hydrogens (tertiary/aromatic N) is 5. The van der Waals surface area contributed by atoms with E-state index in [9.17, 15) is 14.4 Å². The number of imidazole rings is 1. The monoisotopic (exact) mass is 522 g/mol. The number of rotatable bonds is 8. The first kappa shape index (κ1) is 26.3. The lowest BCUT2D eigenvalue weighted by molar-refractivity contribution is -0.170. The highest BCUT2D eigenvalue weighted by molar-refractivity contribution is 6.31. The summed E-state index contributed by atoms with van der Waals surface area (Å²) in [5.74, 6) is -1.22. The fraction of sp³-hybridized carbons (Fsp3) is 0.370. The van der Waals surface area contributed by atoms with E-state index in [1.54, 1.807) is 49.4 Å². The molecule has 4 rings (SSSR count). The summed E-state index contributed by atoms with van der Waals surface area (Å²) >= 11 is 6.32. The van der Waals surface area contributed by atoms with Crippen LogP contribution in [0, 0.1) is 12.8 Å². The van der Waals surface area contributed by atoms with Crippen LogP contribution in [0.4, 0.5) is 11.8 Å². The SMILES string of the molecule is CC[C@@H](CC(=O)N1C(=O)[C@H](Cc2ccnc(N)c2)[C@H]1C(=O)N(C)c1nccn1C)c1ccc(C)c(Cl)c1. The van der Waals surface area contributed by atoms with E-state index < -0.39 is 12.0 Å².